The standard InChI is InChI=1S/C13H17N3O2S/c1-3-14-13(19)16-15-9(2)10-4-5-11-12(8-10)18-7-6-17-11/h4-5,8H,3,6-7H2,1-2H3,(H2,14,16,19). The molecule has 0 spiro atoms. The lowest BCUT2D eigenvalue weighted by Gasteiger charge is -2.18. The summed E-state index contributed by atoms with van der Waals surface area (Å²) in [5.74, 6) is 1.53. The van der Waals surface area contributed by atoms with Gasteiger partial charge in [0.15, 0.2) is 16.6 Å². The number of thiocarbonyl (C=S) groups is 1. The molecule has 5 nitrogen and oxygen atoms in total. The van der Waals surface area contributed by atoms with E-state index >= 15 is 0 Å². The molecule has 0 amide bonds. The van der Waals surface area contributed by atoms with E-state index in [1.54, 1.807) is 0 Å². The van der Waals surface area contributed by atoms with Gasteiger partial charge in [-0.3, -0.25) is 5.43 Å². The van der Waals surface area contributed by atoms with Gasteiger partial charge in [-0.2, -0.15) is 5.10 Å². The molecule has 1 aromatic rings. The third-order valence-corrected chi connectivity index (χ3v) is 2.86. The molecule has 0 aromatic heterocycles. The number of nitrogens with one attached hydrogen (secondary N) is 2. The van der Waals surface area contributed by atoms with Crippen molar-refractivity contribution in [2.75, 3.05) is 19.8 Å². The van der Waals surface area contributed by atoms with Crippen molar-refractivity contribution in [2.45, 2.75) is 13.8 Å². The Morgan fingerprint density at radius 2 is 2.05 bits per heavy atom. The van der Waals surface area contributed by atoms with Crippen molar-refractivity contribution in [2.24, 2.45) is 5.10 Å². The van der Waals surface area contributed by atoms with Gasteiger partial charge in [-0.1, -0.05) is 0 Å². The predicted octanol–water partition coefficient (Wildman–Crippen LogP) is 1.67. The number of hydrogen-bond acceptors (Lipinski definition) is 4. The van der Waals surface area contributed by atoms with Gasteiger partial charge >= 0.3 is 0 Å². The zero-order valence-corrected chi connectivity index (χ0v) is 11.8. The highest BCUT2D eigenvalue weighted by atomic mass is 32.1. The molecule has 0 saturated carbocycles. The minimum absolute atomic E-state index is 0.513. The SMILES string of the molecule is CCNC(=S)NN=C(C)c1ccc2c(c1)OCCO2. The molecule has 0 fully saturated rings. The molecule has 0 aliphatic carbocycles. The van der Waals surface area contributed by atoms with Gasteiger partial charge < -0.3 is 14.8 Å². The minimum Gasteiger partial charge on any atom is -0.486 e. The number of ether oxygens (including phenoxy) is 2. The van der Waals surface area contributed by atoms with Crippen LogP contribution in [-0.2, 0) is 0 Å². The average Bonchev–Trinajstić information content (AvgIpc) is 2.44. The molecule has 0 unspecified atom stereocenters. The number of nitrogens with zero attached hydrogens (tertiary/aromatic N) is 1. The van der Waals surface area contributed by atoms with Crippen LogP contribution in [0, 0.1) is 0 Å². The quantitative estimate of drug-likeness (QED) is 0.501. The summed E-state index contributed by atoms with van der Waals surface area (Å²) >= 11 is 5.04. The Kier molecular flexibility index (Phi) is 4.57. The van der Waals surface area contributed by atoms with Crippen molar-refractivity contribution in [1.29, 1.82) is 0 Å². The maximum Gasteiger partial charge on any atom is 0.186 e. The van der Waals surface area contributed by atoms with Crippen LogP contribution in [0.2, 0.25) is 0 Å². The van der Waals surface area contributed by atoms with Crippen LogP contribution in [0.4, 0.5) is 0 Å². The Bertz CT molecular complexity index is 503. The summed E-state index contributed by atoms with van der Waals surface area (Å²) in [6, 6.07) is 5.76. The fourth-order valence-corrected chi connectivity index (χ4v) is 1.86. The highest BCUT2D eigenvalue weighted by molar-refractivity contribution is 7.80. The van der Waals surface area contributed by atoms with E-state index < -0.39 is 0 Å². The normalized spacial score (nSPS) is 13.9. The summed E-state index contributed by atoms with van der Waals surface area (Å²) in [6.45, 7) is 5.83. The van der Waals surface area contributed by atoms with Crippen molar-refractivity contribution in [3.05, 3.63) is 23.8 Å². The van der Waals surface area contributed by atoms with E-state index in [-0.39, 0.29) is 0 Å². The number of hydrogen-bond donors (Lipinski definition) is 2. The second-order valence-electron chi connectivity index (χ2n) is 4.03. The van der Waals surface area contributed by atoms with Gasteiger partial charge in [0.05, 0.1) is 5.71 Å². The van der Waals surface area contributed by atoms with Crippen LogP contribution in [-0.4, -0.2) is 30.6 Å². The van der Waals surface area contributed by atoms with Crippen molar-refractivity contribution >= 4 is 23.0 Å². The van der Waals surface area contributed by atoms with Crippen LogP contribution in [0.3, 0.4) is 0 Å². The van der Waals surface area contributed by atoms with Crippen LogP contribution in [0.1, 0.15) is 19.4 Å². The first-order valence-electron chi connectivity index (χ1n) is 6.19. The number of fused-ring (bicyclic) bond motifs is 1. The molecule has 2 rings (SSSR count). The lowest BCUT2D eigenvalue weighted by atomic mass is 10.1. The van der Waals surface area contributed by atoms with Gasteiger partial charge in [0, 0.05) is 12.1 Å². The number of hydrazone groups is 1. The Balaban J connectivity index is 2.08. The zero-order chi connectivity index (χ0) is 13.7. The van der Waals surface area contributed by atoms with E-state index in [1.165, 1.54) is 0 Å². The molecule has 6 heteroatoms. The van der Waals surface area contributed by atoms with Crippen LogP contribution in [0.15, 0.2) is 23.3 Å². The fourth-order valence-electron chi connectivity index (χ4n) is 1.67. The molecule has 0 bridgehead atoms. The first-order chi connectivity index (χ1) is 9.20. The predicted molar refractivity (Wildman–Crippen MR) is 79.1 cm³/mol. The topological polar surface area (TPSA) is 54.9 Å². The monoisotopic (exact) mass is 279 g/mol. The smallest absolute Gasteiger partial charge is 0.186 e. The summed E-state index contributed by atoms with van der Waals surface area (Å²) in [6.07, 6.45) is 0. The first-order valence-corrected chi connectivity index (χ1v) is 6.59. The highest BCUT2D eigenvalue weighted by Crippen LogP contribution is 2.30. The highest BCUT2D eigenvalue weighted by Gasteiger charge is 2.12. The molecule has 0 atom stereocenters. The molecule has 19 heavy (non-hydrogen) atoms. The summed E-state index contributed by atoms with van der Waals surface area (Å²) < 4.78 is 11.0. The second-order valence-corrected chi connectivity index (χ2v) is 4.44. The van der Waals surface area contributed by atoms with Crippen molar-refractivity contribution < 1.29 is 9.47 Å². The lowest BCUT2D eigenvalue weighted by Crippen LogP contribution is -2.32. The maximum atomic E-state index is 5.54. The maximum absolute atomic E-state index is 5.54. The Morgan fingerprint density at radius 1 is 1.32 bits per heavy atom. The molecular weight excluding hydrogens is 262 g/mol. The van der Waals surface area contributed by atoms with Gasteiger partial charge in [-0.25, -0.2) is 0 Å². The minimum atomic E-state index is 0.513. The molecule has 1 aliphatic rings. The number of rotatable bonds is 3. The van der Waals surface area contributed by atoms with Gasteiger partial charge in [0.1, 0.15) is 13.2 Å². The first kappa shape index (κ1) is 13.6. The molecule has 1 aliphatic heterocycles. The Hall–Kier alpha value is -1.82. The van der Waals surface area contributed by atoms with E-state index in [1.807, 2.05) is 32.0 Å². The van der Waals surface area contributed by atoms with Crippen LogP contribution < -0.4 is 20.2 Å². The van der Waals surface area contributed by atoms with E-state index in [2.05, 4.69) is 15.8 Å². The molecule has 1 heterocycles. The van der Waals surface area contributed by atoms with E-state index in [4.69, 9.17) is 21.7 Å². The fraction of sp³-hybridized carbons (Fsp3) is 0.385. The molecule has 102 valence electrons. The van der Waals surface area contributed by atoms with E-state index in [9.17, 15) is 0 Å². The van der Waals surface area contributed by atoms with Crippen LogP contribution >= 0.6 is 12.2 Å². The lowest BCUT2D eigenvalue weighted by molar-refractivity contribution is 0.171. The third-order valence-electron chi connectivity index (χ3n) is 2.62. The molecule has 1 aromatic carbocycles. The molecule has 2 N–H and O–H groups in total. The zero-order valence-electron chi connectivity index (χ0n) is 11.0. The summed E-state index contributed by atoms with van der Waals surface area (Å²) in [5, 5.41) is 7.71. The van der Waals surface area contributed by atoms with Crippen LogP contribution in [0.5, 0.6) is 11.5 Å². The number of benzene rings is 1. The van der Waals surface area contributed by atoms with Gasteiger partial charge in [-0.05, 0) is 44.3 Å². The Morgan fingerprint density at radius 3 is 2.79 bits per heavy atom. The van der Waals surface area contributed by atoms with Gasteiger partial charge in [0.2, 0.25) is 0 Å². The van der Waals surface area contributed by atoms with Crippen molar-refractivity contribution in [3.8, 4) is 11.5 Å². The summed E-state index contributed by atoms with van der Waals surface area (Å²) in [4.78, 5) is 0. The summed E-state index contributed by atoms with van der Waals surface area (Å²) in [7, 11) is 0. The Labute approximate surface area is 118 Å². The van der Waals surface area contributed by atoms with Gasteiger partial charge in [0.25, 0.3) is 0 Å². The second kappa shape index (κ2) is 6.38. The third kappa shape index (κ3) is 3.57. The molecular formula is C13H17N3O2S. The van der Waals surface area contributed by atoms with E-state index in [0.717, 1.165) is 29.3 Å². The van der Waals surface area contributed by atoms with Crippen molar-refractivity contribution in [1.82, 2.24) is 10.7 Å². The average molecular weight is 279 g/mol. The van der Waals surface area contributed by atoms with Gasteiger partial charge in [-0.15, -0.1) is 0 Å². The van der Waals surface area contributed by atoms with Crippen molar-refractivity contribution in [3.63, 3.8) is 0 Å². The summed E-state index contributed by atoms with van der Waals surface area (Å²) in [5.41, 5.74) is 4.60. The van der Waals surface area contributed by atoms with E-state index in [0.29, 0.717) is 18.3 Å². The van der Waals surface area contributed by atoms with Crippen LogP contribution in [0.25, 0.3) is 0 Å². The molecule has 0 radical (unpaired) electrons. The largest absolute Gasteiger partial charge is 0.486 e. The molecule has 0 saturated heterocycles.